The van der Waals surface area contributed by atoms with E-state index in [4.69, 9.17) is 5.73 Å². The largest absolute Gasteiger partial charge is 0.326 e. The van der Waals surface area contributed by atoms with Gasteiger partial charge in [0, 0.05) is 17.6 Å². The van der Waals surface area contributed by atoms with Gasteiger partial charge in [-0.1, -0.05) is 12.1 Å². The van der Waals surface area contributed by atoms with Crippen LogP contribution in [0.1, 0.15) is 23.7 Å². The molecule has 0 radical (unpaired) electrons. The number of ketones is 1. The molecule has 0 amide bonds. The van der Waals surface area contributed by atoms with E-state index in [-0.39, 0.29) is 22.8 Å². The van der Waals surface area contributed by atoms with Crippen LogP contribution >= 0.6 is 0 Å². The van der Waals surface area contributed by atoms with Gasteiger partial charge in [-0.15, -0.1) is 0 Å². The lowest BCUT2D eigenvalue weighted by Gasteiger charge is -2.06. The van der Waals surface area contributed by atoms with Crippen LogP contribution < -0.4 is 10.5 Å². The molecule has 6 heteroatoms. The summed E-state index contributed by atoms with van der Waals surface area (Å²) in [7, 11) is -3.57. The van der Waals surface area contributed by atoms with Crippen LogP contribution in [0, 0.1) is 0 Å². The van der Waals surface area contributed by atoms with Crippen LogP contribution in [0.3, 0.4) is 0 Å². The molecule has 0 heterocycles. The lowest BCUT2D eigenvalue weighted by molar-refractivity contribution is 0.101. The number of carbonyl (C=O) groups excluding carboxylic acids is 1. The Balaban J connectivity index is 2.26. The van der Waals surface area contributed by atoms with Crippen molar-refractivity contribution in [2.75, 3.05) is 0 Å². The number of benzene rings is 1. The zero-order valence-electron chi connectivity index (χ0n) is 9.38. The molecule has 5 nitrogen and oxygen atoms in total. The van der Waals surface area contributed by atoms with Crippen molar-refractivity contribution < 1.29 is 13.2 Å². The minimum atomic E-state index is -3.57. The van der Waals surface area contributed by atoms with Crippen LogP contribution in [-0.2, 0) is 10.0 Å². The Morgan fingerprint density at radius 3 is 2.65 bits per heavy atom. The van der Waals surface area contributed by atoms with Crippen molar-refractivity contribution in [2.45, 2.75) is 30.3 Å². The quantitative estimate of drug-likeness (QED) is 0.755. The SMILES string of the molecule is CC(=O)c1cccc(S(=O)(=O)NC2CC2N)c1. The van der Waals surface area contributed by atoms with Crippen molar-refractivity contribution in [3.8, 4) is 0 Å². The summed E-state index contributed by atoms with van der Waals surface area (Å²) < 4.78 is 26.3. The number of sulfonamides is 1. The van der Waals surface area contributed by atoms with Gasteiger partial charge in [0.15, 0.2) is 5.78 Å². The molecular formula is C11H14N2O3S. The van der Waals surface area contributed by atoms with Gasteiger partial charge in [0.25, 0.3) is 0 Å². The number of Topliss-reactive ketones (excluding diaryl/α,β-unsaturated/α-hetero) is 1. The van der Waals surface area contributed by atoms with Crippen LogP contribution in [0.25, 0.3) is 0 Å². The number of hydrogen-bond donors (Lipinski definition) is 2. The maximum Gasteiger partial charge on any atom is 0.240 e. The standard InChI is InChI=1S/C11H14N2O3S/c1-7(14)8-3-2-4-9(5-8)17(15,16)13-11-6-10(11)12/h2-5,10-11,13H,6,12H2,1H3. The highest BCUT2D eigenvalue weighted by atomic mass is 32.2. The molecule has 0 aromatic heterocycles. The second kappa shape index (κ2) is 4.21. The Morgan fingerprint density at radius 2 is 2.12 bits per heavy atom. The molecule has 1 aromatic rings. The first-order chi connectivity index (χ1) is 7.90. The van der Waals surface area contributed by atoms with E-state index < -0.39 is 10.0 Å². The summed E-state index contributed by atoms with van der Waals surface area (Å²) in [5.74, 6) is -0.162. The van der Waals surface area contributed by atoms with E-state index >= 15 is 0 Å². The van der Waals surface area contributed by atoms with E-state index in [1.165, 1.54) is 19.1 Å². The van der Waals surface area contributed by atoms with Crippen LogP contribution in [0.15, 0.2) is 29.2 Å². The molecule has 3 N–H and O–H groups in total. The molecule has 1 aromatic carbocycles. The molecule has 1 saturated carbocycles. The summed E-state index contributed by atoms with van der Waals surface area (Å²) in [5, 5.41) is 0. The van der Waals surface area contributed by atoms with Gasteiger partial charge in [0.1, 0.15) is 0 Å². The van der Waals surface area contributed by atoms with Crippen molar-refractivity contribution in [3.05, 3.63) is 29.8 Å². The first kappa shape index (κ1) is 12.2. The van der Waals surface area contributed by atoms with Crippen molar-refractivity contribution >= 4 is 15.8 Å². The van der Waals surface area contributed by atoms with E-state index in [9.17, 15) is 13.2 Å². The third-order valence-corrected chi connectivity index (χ3v) is 4.18. The van der Waals surface area contributed by atoms with E-state index in [0.717, 1.165) is 0 Å². The van der Waals surface area contributed by atoms with Gasteiger partial charge >= 0.3 is 0 Å². The highest BCUT2D eigenvalue weighted by molar-refractivity contribution is 7.89. The molecule has 17 heavy (non-hydrogen) atoms. The Hall–Kier alpha value is -1.24. The molecule has 2 unspecified atom stereocenters. The molecule has 92 valence electrons. The van der Waals surface area contributed by atoms with Crippen molar-refractivity contribution in [2.24, 2.45) is 5.73 Å². The second-order valence-corrected chi connectivity index (χ2v) is 5.93. The minimum absolute atomic E-state index is 0.0965. The number of rotatable bonds is 4. The number of nitrogens with one attached hydrogen (secondary N) is 1. The molecule has 0 spiro atoms. The lowest BCUT2D eigenvalue weighted by Crippen LogP contribution is -2.29. The van der Waals surface area contributed by atoms with Gasteiger partial charge in [0.05, 0.1) is 4.90 Å². The smallest absolute Gasteiger partial charge is 0.240 e. The molecule has 1 aliphatic rings. The number of carbonyl (C=O) groups is 1. The van der Waals surface area contributed by atoms with Crippen molar-refractivity contribution in [1.29, 1.82) is 0 Å². The fraction of sp³-hybridized carbons (Fsp3) is 0.364. The Morgan fingerprint density at radius 1 is 1.47 bits per heavy atom. The topological polar surface area (TPSA) is 89.3 Å². The van der Waals surface area contributed by atoms with Crippen molar-refractivity contribution in [3.63, 3.8) is 0 Å². The second-order valence-electron chi connectivity index (χ2n) is 4.21. The molecular weight excluding hydrogens is 240 g/mol. The molecule has 1 fully saturated rings. The van der Waals surface area contributed by atoms with E-state index in [2.05, 4.69) is 4.72 Å². The van der Waals surface area contributed by atoms with Crippen LogP contribution in [-0.4, -0.2) is 26.3 Å². The predicted octanol–water partition coefficient (Wildman–Crippen LogP) is 0.267. The van der Waals surface area contributed by atoms with Crippen LogP contribution in [0.2, 0.25) is 0 Å². The van der Waals surface area contributed by atoms with Gasteiger partial charge < -0.3 is 5.73 Å². The van der Waals surface area contributed by atoms with Gasteiger partial charge in [-0.3, -0.25) is 4.79 Å². The average molecular weight is 254 g/mol. The summed E-state index contributed by atoms with van der Waals surface area (Å²) >= 11 is 0. The average Bonchev–Trinajstić information content (AvgIpc) is 2.93. The maximum absolute atomic E-state index is 11.9. The molecule has 0 saturated heterocycles. The zero-order valence-corrected chi connectivity index (χ0v) is 10.2. The highest BCUT2D eigenvalue weighted by Crippen LogP contribution is 2.21. The highest BCUT2D eigenvalue weighted by Gasteiger charge is 2.37. The van der Waals surface area contributed by atoms with Gasteiger partial charge in [-0.2, -0.15) is 0 Å². The van der Waals surface area contributed by atoms with Gasteiger partial charge in [0.2, 0.25) is 10.0 Å². The number of hydrogen-bond acceptors (Lipinski definition) is 4. The lowest BCUT2D eigenvalue weighted by atomic mass is 10.2. The summed E-state index contributed by atoms with van der Waals surface area (Å²) in [6.07, 6.45) is 0.658. The zero-order chi connectivity index (χ0) is 12.6. The fourth-order valence-electron chi connectivity index (χ4n) is 1.50. The maximum atomic E-state index is 11.9. The van der Waals surface area contributed by atoms with Crippen molar-refractivity contribution in [1.82, 2.24) is 4.72 Å². The van der Waals surface area contributed by atoms with Gasteiger partial charge in [-0.05, 0) is 25.5 Å². The third-order valence-electron chi connectivity index (χ3n) is 2.70. The molecule has 2 atom stereocenters. The first-order valence-corrected chi connectivity index (χ1v) is 6.77. The summed E-state index contributed by atoms with van der Waals surface area (Å²) in [6.45, 7) is 1.40. The van der Waals surface area contributed by atoms with E-state index in [1.54, 1.807) is 12.1 Å². The van der Waals surface area contributed by atoms with Crippen LogP contribution in [0.4, 0.5) is 0 Å². The Labute approximate surface area is 100 Å². The summed E-state index contributed by atoms with van der Waals surface area (Å²) in [4.78, 5) is 11.3. The molecule has 0 bridgehead atoms. The Kier molecular flexibility index (Phi) is 3.03. The van der Waals surface area contributed by atoms with E-state index in [0.29, 0.717) is 12.0 Å². The first-order valence-electron chi connectivity index (χ1n) is 5.29. The predicted molar refractivity (Wildman–Crippen MR) is 63.1 cm³/mol. The number of nitrogens with two attached hydrogens (primary N) is 1. The Bertz CT molecular complexity index is 554. The van der Waals surface area contributed by atoms with Gasteiger partial charge in [-0.25, -0.2) is 13.1 Å². The molecule has 1 aliphatic carbocycles. The minimum Gasteiger partial charge on any atom is -0.326 e. The third kappa shape index (κ3) is 2.71. The van der Waals surface area contributed by atoms with E-state index in [1.807, 2.05) is 0 Å². The monoisotopic (exact) mass is 254 g/mol. The summed E-state index contributed by atoms with van der Waals surface area (Å²) in [6, 6.07) is 5.70. The molecule has 2 rings (SSSR count). The van der Waals surface area contributed by atoms with Crippen LogP contribution in [0.5, 0.6) is 0 Å². The normalized spacial score (nSPS) is 23.4. The summed E-state index contributed by atoms with van der Waals surface area (Å²) in [5.41, 5.74) is 5.93. The fourth-order valence-corrected chi connectivity index (χ4v) is 2.85. The molecule has 0 aliphatic heterocycles.